The summed E-state index contributed by atoms with van der Waals surface area (Å²) in [7, 11) is 0. The van der Waals surface area contributed by atoms with Crippen LogP contribution < -0.4 is 16.5 Å². The van der Waals surface area contributed by atoms with Crippen molar-refractivity contribution in [3.8, 4) is 0 Å². The normalized spacial score (nSPS) is 15.6. The average Bonchev–Trinajstić information content (AvgIpc) is 2.15. The molecule has 14 heavy (non-hydrogen) atoms. The van der Waals surface area contributed by atoms with Crippen molar-refractivity contribution in [1.82, 2.24) is 10.7 Å². The summed E-state index contributed by atoms with van der Waals surface area (Å²) in [6.45, 7) is 9.17. The average molecular weight is 193 g/mol. The van der Waals surface area contributed by atoms with Gasteiger partial charge in [-0.05, 0) is 12.8 Å². The van der Waals surface area contributed by atoms with Crippen molar-refractivity contribution in [2.24, 2.45) is 15.8 Å². The molecule has 0 aliphatic carbocycles. The van der Waals surface area contributed by atoms with Crippen molar-refractivity contribution in [3.63, 3.8) is 0 Å². The van der Waals surface area contributed by atoms with Crippen LogP contribution in [0.1, 0.15) is 0 Å². The summed E-state index contributed by atoms with van der Waals surface area (Å²) in [5.74, 6) is 0. The van der Waals surface area contributed by atoms with Crippen molar-refractivity contribution in [3.05, 3.63) is 24.0 Å². The second kappa shape index (κ2) is 5.18. The van der Waals surface area contributed by atoms with Gasteiger partial charge in [-0.25, -0.2) is 0 Å². The highest BCUT2D eigenvalue weighted by Gasteiger charge is 2.07. The molecular weight excluding hydrogens is 178 g/mol. The van der Waals surface area contributed by atoms with E-state index in [2.05, 4.69) is 34.1 Å². The summed E-state index contributed by atoms with van der Waals surface area (Å²) < 4.78 is 0. The first-order valence-corrected chi connectivity index (χ1v) is 4.36. The van der Waals surface area contributed by atoms with Crippen molar-refractivity contribution < 1.29 is 0 Å². The Hall–Kier alpha value is -1.62. The molecule has 0 fully saturated rings. The van der Waals surface area contributed by atoms with Gasteiger partial charge in [-0.2, -0.15) is 5.10 Å². The molecule has 0 unspecified atom stereocenters. The largest absolute Gasteiger partial charge is 0.397 e. The lowest BCUT2D eigenvalue weighted by Gasteiger charge is -2.13. The molecule has 0 aromatic rings. The van der Waals surface area contributed by atoms with E-state index < -0.39 is 0 Å². The zero-order chi connectivity index (χ0) is 10.4. The van der Waals surface area contributed by atoms with E-state index in [1.54, 1.807) is 6.08 Å². The van der Waals surface area contributed by atoms with E-state index in [9.17, 15) is 0 Å². The zero-order valence-corrected chi connectivity index (χ0v) is 8.08. The number of hydrazone groups is 1. The number of aliphatic imine (C=N–C) groups is 1. The quantitative estimate of drug-likeness (QED) is 0.410. The van der Waals surface area contributed by atoms with Crippen LogP contribution in [-0.4, -0.2) is 32.1 Å². The Kier molecular flexibility index (Phi) is 3.87. The highest BCUT2D eigenvalue weighted by molar-refractivity contribution is 6.01. The smallest absolute Gasteiger partial charge is 0.0974 e. The van der Waals surface area contributed by atoms with Crippen molar-refractivity contribution >= 4 is 12.4 Å². The number of hydrogen-bond donors (Lipinski definition) is 3. The van der Waals surface area contributed by atoms with Gasteiger partial charge in [0.15, 0.2) is 0 Å². The number of nitrogens with one attached hydrogen (secondary N) is 2. The number of allylic oxidation sites excluding steroid dienone is 1. The lowest BCUT2D eigenvalue weighted by atomic mass is 10.2. The van der Waals surface area contributed by atoms with Gasteiger partial charge in [0.05, 0.1) is 23.7 Å². The predicted octanol–water partition coefficient (Wildman–Crippen LogP) is -0.408. The molecule has 1 aliphatic rings. The van der Waals surface area contributed by atoms with Gasteiger partial charge in [-0.15, -0.1) is 0 Å². The van der Waals surface area contributed by atoms with Gasteiger partial charge in [0.2, 0.25) is 0 Å². The fraction of sp³-hybridized carbons (Fsp3) is 0.333. The van der Waals surface area contributed by atoms with Crippen LogP contribution in [0.3, 0.4) is 0 Å². The summed E-state index contributed by atoms with van der Waals surface area (Å²) in [6.07, 6.45) is 1.76. The maximum absolute atomic E-state index is 5.74. The first-order chi connectivity index (χ1) is 6.74. The van der Waals surface area contributed by atoms with E-state index >= 15 is 0 Å². The number of rotatable bonds is 5. The van der Waals surface area contributed by atoms with Crippen LogP contribution >= 0.6 is 0 Å². The minimum Gasteiger partial charge on any atom is -0.397 e. The molecular formula is C9H15N5. The molecule has 0 amide bonds. The van der Waals surface area contributed by atoms with Gasteiger partial charge in [0.25, 0.3) is 0 Å². The van der Waals surface area contributed by atoms with Crippen LogP contribution in [-0.2, 0) is 0 Å². The van der Waals surface area contributed by atoms with E-state index in [0.29, 0.717) is 24.5 Å². The number of hydrogen-bond acceptors (Lipinski definition) is 5. The van der Waals surface area contributed by atoms with E-state index in [1.807, 2.05) is 0 Å². The lowest BCUT2D eigenvalue weighted by molar-refractivity contribution is 0.761. The molecule has 0 bridgehead atoms. The van der Waals surface area contributed by atoms with Gasteiger partial charge in [0.1, 0.15) is 0 Å². The summed E-state index contributed by atoms with van der Waals surface area (Å²) in [6, 6.07) is 0. The summed E-state index contributed by atoms with van der Waals surface area (Å²) >= 11 is 0. The molecule has 1 rings (SSSR count). The first-order valence-electron chi connectivity index (χ1n) is 4.36. The van der Waals surface area contributed by atoms with Crippen LogP contribution in [0.15, 0.2) is 34.1 Å². The van der Waals surface area contributed by atoms with Gasteiger partial charge in [-0.1, -0.05) is 6.58 Å². The maximum atomic E-state index is 5.74. The van der Waals surface area contributed by atoms with Crippen LogP contribution in [0.25, 0.3) is 0 Å². The second-order valence-electron chi connectivity index (χ2n) is 2.92. The minimum atomic E-state index is 0.623. The van der Waals surface area contributed by atoms with Crippen molar-refractivity contribution in [2.75, 3.05) is 19.6 Å². The SMILES string of the molecule is C=NCCNCC1=NNC(=C)C=C1N. The summed E-state index contributed by atoms with van der Waals surface area (Å²) in [5, 5.41) is 7.20. The fourth-order valence-electron chi connectivity index (χ4n) is 1.01. The topological polar surface area (TPSA) is 74.8 Å². The second-order valence-corrected chi connectivity index (χ2v) is 2.92. The fourth-order valence-corrected chi connectivity index (χ4v) is 1.01. The van der Waals surface area contributed by atoms with Crippen LogP contribution in [0.4, 0.5) is 0 Å². The number of nitrogens with zero attached hydrogens (tertiary/aromatic N) is 2. The Balaban J connectivity index is 2.35. The molecule has 0 saturated carbocycles. The molecule has 5 nitrogen and oxygen atoms in total. The van der Waals surface area contributed by atoms with Crippen LogP contribution in [0.5, 0.6) is 0 Å². The van der Waals surface area contributed by atoms with Crippen molar-refractivity contribution in [2.45, 2.75) is 0 Å². The van der Waals surface area contributed by atoms with Crippen molar-refractivity contribution in [1.29, 1.82) is 0 Å². The Bertz CT molecular complexity index is 290. The predicted molar refractivity (Wildman–Crippen MR) is 59.3 cm³/mol. The molecule has 0 aromatic carbocycles. The van der Waals surface area contributed by atoms with E-state index in [0.717, 1.165) is 12.3 Å². The third kappa shape index (κ3) is 3.02. The van der Waals surface area contributed by atoms with E-state index in [4.69, 9.17) is 5.73 Å². The Morgan fingerprint density at radius 3 is 3.07 bits per heavy atom. The third-order valence-electron chi connectivity index (χ3n) is 1.74. The molecule has 1 heterocycles. The Morgan fingerprint density at radius 2 is 2.43 bits per heavy atom. The molecule has 0 atom stereocenters. The molecule has 0 aromatic heterocycles. The molecule has 0 radical (unpaired) electrons. The Labute approximate surface area is 83.5 Å². The standard InChI is InChI=1S/C9H15N5/c1-7-5-8(10)9(14-13-7)6-12-4-3-11-2/h5,12-13H,1-4,6,10H2. The van der Waals surface area contributed by atoms with Gasteiger partial charge in [-0.3, -0.25) is 10.4 Å². The Morgan fingerprint density at radius 1 is 1.64 bits per heavy atom. The van der Waals surface area contributed by atoms with Gasteiger partial charge >= 0.3 is 0 Å². The first kappa shape index (κ1) is 10.5. The molecule has 5 heteroatoms. The van der Waals surface area contributed by atoms with Crippen LogP contribution in [0, 0.1) is 0 Å². The number of nitrogens with two attached hydrogens (primary N) is 1. The van der Waals surface area contributed by atoms with E-state index in [-0.39, 0.29) is 0 Å². The molecule has 0 spiro atoms. The zero-order valence-electron chi connectivity index (χ0n) is 8.08. The highest BCUT2D eigenvalue weighted by atomic mass is 15.3. The van der Waals surface area contributed by atoms with Gasteiger partial charge in [0, 0.05) is 13.1 Å². The molecule has 0 saturated heterocycles. The highest BCUT2D eigenvalue weighted by Crippen LogP contribution is 2.00. The lowest BCUT2D eigenvalue weighted by Crippen LogP contribution is -2.32. The molecule has 76 valence electrons. The monoisotopic (exact) mass is 193 g/mol. The van der Waals surface area contributed by atoms with Gasteiger partial charge < -0.3 is 11.1 Å². The van der Waals surface area contributed by atoms with Crippen LogP contribution in [0.2, 0.25) is 0 Å². The maximum Gasteiger partial charge on any atom is 0.0974 e. The van der Waals surface area contributed by atoms with E-state index in [1.165, 1.54) is 0 Å². The molecule has 4 N–H and O–H groups in total. The third-order valence-corrected chi connectivity index (χ3v) is 1.74. The summed E-state index contributed by atoms with van der Waals surface area (Å²) in [5.41, 5.74) is 10.6. The minimum absolute atomic E-state index is 0.623. The summed E-state index contributed by atoms with van der Waals surface area (Å²) in [4.78, 5) is 3.72. The molecule has 1 aliphatic heterocycles.